The smallest absolute Gasteiger partial charge is 0.178 e. The zero-order chi connectivity index (χ0) is 17.5. The van der Waals surface area contributed by atoms with Gasteiger partial charge in [0.05, 0.1) is 6.04 Å². The number of nitrogens with zero attached hydrogens (tertiary/aromatic N) is 5. The molecule has 0 amide bonds. The summed E-state index contributed by atoms with van der Waals surface area (Å²) in [6.45, 7) is 1.63. The number of anilines is 1. The number of aromatic nitrogens is 4. The highest BCUT2D eigenvalue weighted by molar-refractivity contribution is 6.30. The predicted octanol–water partition coefficient (Wildman–Crippen LogP) is 3.70. The minimum Gasteiger partial charge on any atom is -0.491 e. The standard InChI is InChI=1S/C19H20ClN5O/c20-14-5-7-16(8-6-14)26-12-15-2-1-11-24(15)18-10-9-17-21-22-19(13-3-4-13)25(17)23-18/h5-10,13,15H,1-4,11-12H2. The zero-order valence-corrected chi connectivity index (χ0v) is 15.1. The van der Waals surface area contributed by atoms with Crippen LogP contribution in [0.5, 0.6) is 5.75 Å². The highest BCUT2D eigenvalue weighted by Crippen LogP contribution is 2.39. The van der Waals surface area contributed by atoms with Crippen molar-refractivity contribution in [3.8, 4) is 5.75 Å². The maximum absolute atomic E-state index is 5.98. The molecule has 1 unspecified atom stereocenters. The van der Waals surface area contributed by atoms with Gasteiger partial charge in [0.1, 0.15) is 18.2 Å². The van der Waals surface area contributed by atoms with E-state index in [0.717, 1.165) is 47.4 Å². The van der Waals surface area contributed by atoms with Crippen molar-refractivity contribution in [1.29, 1.82) is 0 Å². The molecule has 3 aromatic rings. The fourth-order valence-electron chi connectivity index (χ4n) is 3.58. The van der Waals surface area contributed by atoms with Crippen LogP contribution >= 0.6 is 11.6 Å². The first-order chi connectivity index (χ1) is 12.8. The Balaban J connectivity index is 1.35. The Hall–Kier alpha value is -2.34. The first-order valence-electron chi connectivity index (χ1n) is 9.15. The van der Waals surface area contributed by atoms with Crippen molar-refractivity contribution in [2.45, 2.75) is 37.6 Å². The number of ether oxygens (including phenoxy) is 1. The van der Waals surface area contributed by atoms with Crippen molar-refractivity contribution < 1.29 is 4.74 Å². The van der Waals surface area contributed by atoms with Crippen LogP contribution in [0.2, 0.25) is 5.02 Å². The van der Waals surface area contributed by atoms with Crippen LogP contribution in [0.15, 0.2) is 36.4 Å². The Morgan fingerprint density at radius 2 is 1.88 bits per heavy atom. The molecule has 2 aromatic heterocycles. The van der Waals surface area contributed by atoms with Crippen molar-refractivity contribution in [1.82, 2.24) is 19.8 Å². The quantitative estimate of drug-likeness (QED) is 0.686. The van der Waals surface area contributed by atoms with Gasteiger partial charge in [-0.2, -0.15) is 4.52 Å². The molecule has 1 saturated heterocycles. The maximum Gasteiger partial charge on any atom is 0.178 e. The van der Waals surface area contributed by atoms with E-state index in [1.54, 1.807) is 0 Å². The Bertz CT molecular complexity index is 921. The van der Waals surface area contributed by atoms with Crippen LogP contribution in [0.3, 0.4) is 0 Å². The molecule has 3 heterocycles. The molecule has 2 aliphatic rings. The van der Waals surface area contributed by atoms with E-state index in [1.165, 1.54) is 12.8 Å². The summed E-state index contributed by atoms with van der Waals surface area (Å²) in [6, 6.07) is 11.9. The molecular formula is C19H20ClN5O. The lowest BCUT2D eigenvalue weighted by Gasteiger charge is -2.25. The lowest BCUT2D eigenvalue weighted by atomic mass is 10.2. The van der Waals surface area contributed by atoms with Crippen LogP contribution in [0.1, 0.15) is 37.4 Å². The summed E-state index contributed by atoms with van der Waals surface area (Å²) in [5, 5.41) is 14.1. The van der Waals surface area contributed by atoms with Crippen molar-refractivity contribution in [2.75, 3.05) is 18.1 Å². The van der Waals surface area contributed by atoms with Gasteiger partial charge in [-0.15, -0.1) is 15.3 Å². The summed E-state index contributed by atoms with van der Waals surface area (Å²) < 4.78 is 7.90. The van der Waals surface area contributed by atoms with E-state index >= 15 is 0 Å². The Morgan fingerprint density at radius 3 is 2.69 bits per heavy atom. The fourth-order valence-corrected chi connectivity index (χ4v) is 3.70. The van der Waals surface area contributed by atoms with Crippen LogP contribution < -0.4 is 9.64 Å². The second kappa shape index (κ2) is 6.43. The summed E-state index contributed by atoms with van der Waals surface area (Å²) >= 11 is 5.94. The minimum atomic E-state index is 0.316. The third-order valence-corrected chi connectivity index (χ3v) is 5.39. The minimum absolute atomic E-state index is 0.316. The third-order valence-electron chi connectivity index (χ3n) is 5.14. The second-order valence-electron chi connectivity index (χ2n) is 7.05. The van der Waals surface area contributed by atoms with E-state index in [9.17, 15) is 0 Å². The lowest BCUT2D eigenvalue weighted by molar-refractivity contribution is 0.288. The molecule has 6 nitrogen and oxygen atoms in total. The summed E-state index contributed by atoms with van der Waals surface area (Å²) in [5.74, 6) is 3.34. The van der Waals surface area contributed by atoms with Crippen molar-refractivity contribution >= 4 is 23.1 Å². The molecule has 2 fully saturated rings. The number of rotatable bonds is 5. The van der Waals surface area contributed by atoms with Gasteiger partial charge in [0.15, 0.2) is 11.5 Å². The van der Waals surface area contributed by atoms with E-state index in [1.807, 2.05) is 40.9 Å². The molecule has 1 aliphatic carbocycles. The summed E-state index contributed by atoms with van der Waals surface area (Å²) in [6.07, 6.45) is 4.62. The Morgan fingerprint density at radius 1 is 1.04 bits per heavy atom. The van der Waals surface area contributed by atoms with Gasteiger partial charge in [0.2, 0.25) is 0 Å². The highest BCUT2D eigenvalue weighted by atomic mass is 35.5. The lowest BCUT2D eigenvalue weighted by Crippen LogP contribution is -2.35. The summed E-state index contributed by atoms with van der Waals surface area (Å²) in [4.78, 5) is 2.34. The van der Waals surface area contributed by atoms with Gasteiger partial charge in [-0.3, -0.25) is 0 Å². The first-order valence-corrected chi connectivity index (χ1v) is 9.53. The topological polar surface area (TPSA) is 55.5 Å². The van der Waals surface area contributed by atoms with Crippen LogP contribution in [0, 0.1) is 0 Å². The molecule has 1 saturated carbocycles. The molecule has 1 atom stereocenters. The SMILES string of the molecule is Clc1ccc(OCC2CCCN2c2ccc3nnc(C4CC4)n3n2)cc1. The molecule has 7 heteroatoms. The van der Waals surface area contributed by atoms with Gasteiger partial charge in [-0.1, -0.05) is 11.6 Å². The van der Waals surface area contributed by atoms with E-state index < -0.39 is 0 Å². The summed E-state index contributed by atoms with van der Waals surface area (Å²) in [7, 11) is 0. The van der Waals surface area contributed by atoms with Crippen LogP contribution in [0.25, 0.3) is 5.65 Å². The van der Waals surface area contributed by atoms with Crippen molar-refractivity contribution in [2.24, 2.45) is 0 Å². The largest absolute Gasteiger partial charge is 0.491 e. The fraction of sp³-hybridized carbons (Fsp3) is 0.421. The first kappa shape index (κ1) is 15.9. The van der Waals surface area contributed by atoms with Gasteiger partial charge < -0.3 is 9.64 Å². The van der Waals surface area contributed by atoms with Gasteiger partial charge in [0.25, 0.3) is 0 Å². The van der Waals surface area contributed by atoms with Crippen molar-refractivity contribution in [3.05, 3.63) is 47.2 Å². The zero-order valence-electron chi connectivity index (χ0n) is 14.4. The van der Waals surface area contributed by atoms with Crippen LogP contribution in [-0.4, -0.2) is 39.0 Å². The monoisotopic (exact) mass is 369 g/mol. The normalized spacial score (nSPS) is 20.0. The molecule has 0 N–H and O–H groups in total. The molecule has 134 valence electrons. The number of halogens is 1. The molecule has 0 radical (unpaired) electrons. The van der Waals surface area contributed by atoms with Crippen LogP contribution in [-0.2, 0) is 0 Å². The van der Waals surface area contributed by atoms with E-state index in [2.05, 4.69) is 15.1 Å². The van der Waals surface area contributed by atoms with Crippen molar-refractivity contribution in [3.63, 3.8) is 0 Å². The molecule has 0 spiro atoms. The van der Waals surface area contributed by atoms with E-state index in [-0.39, 0.29) is 0 Å². The van der Waals surface area contributed by atoms with E-state index in [4.69, 9.17) is 21.4 Å². The van der Waals surface area contributed by atoms with Crippen LogP contribution in [0.4, 0.5) is 5.82 Å². The van der Waals surface area contributed by atoms with Gasteiger partial charge in [0, 0.05) is 17.5 Å². The molecule has 26 heavy (non-hydrogen) atoms. The highest BCUT2D eigenvalue weighted by Gasteiger charge is 2.31. The number of fused-ring (bicyclic) bond motifs is 1. The number of hydrogen-bond acceptors (Lipinski definition) is 5. The maximum atomic E-state index is 5.98. The number of hydrogen-bond donors (Lipinski definition) is 0. The Labute approximate surface area is 156 Å². The van der Waals surface area contributed by atoms with E-state index in [0.29, 0.717) is 18.6 Å². The van der Waals surface area contributed by atoms with Gasteiger partial charge in [-0.25, -0.2) is 0 Å². The second-order valence-corrected chi connectivity index (χ2v) is 7.48. The van der Waals surface area contributed by atoms with Gasteiger partial charge >= 0.3 is 0 Å². The molecule has 0 bridgehead atoms. The molecule has 1 aliphatic heterocycles. The average Bonchev–Trinajstić information content (AvgIpc) is 3.25. The molecule has 5 rings (SSSR count). The molecular weight excluding hydrogens is 350 g/mol. The number of benzene rings is 1. The third kappa shape index (κ3) is 2.98. The Kier molecular flexibility index (Phi) is 3.93. The predicted molar refractivity (Wildman–Crippen MR) is 100 cm³/mol. The molecule has 1 aromatic carbocycles. The average molecular weight is 370 g/mol. The van der Waals surface area contributed by atoms with Gasteiger partial charge in [-0.05, 0) is 62.1 Å². The summed E-state index contributed by atoms with van der Waals surface area (Å²) in [5.41, 5.74) is 0.823.